The summed E-state index contributed by atoms with van der Waals surface area (Å²) in [6, 6.07) is 1.82. The second kappa shape index (κ2) is 3.97. The highest BCUT2D eigenvalue weighted by Crippen LogP contribution is 2.25. The zero-order valence-electron chi connectivity index (χ0n) is 9.64. The van der Waals surface area contributed by atoms with Gasteiger partial charge in [-0.2, -0.15) is 10.2 Å². The van der Waals surface area contributed by atoms with E-state index in [4.69, 9.17) is 5.73 Å². The molecular weight excluding hydrogens is 218 g/mol. The lowest BCUT2D eigenvalue weighted by atomic mass is 10.0. The van der Waals surface area contributed by atoms with Gasteiger partial charge in [-0.25, -0.2) is 0 Å². The van der Waals surface area contributed by atoms with Crippen LogP contribution in [0.15, 0.2) is 34.7 Å². The van der Waals surface area contributed by atoms with Crippen molar-refractivity contribution < 1.29 is 4.79 Å². The summed E-state index contributed by atoms with van der Waals surface area (Å²) in [7, 11) is 0. The van der Waals surface area contributed by atoms with Gasteiger partial charge >= 0.3 is 0 Å². The minimum absolute atomic E-state index is 0.393. The van der Waals surface area contributed by atoms with Crippen LogP contribution in [-0.2, 0) is 10.5 Å². The van der Waals surface area contributed by atoms with E-state index in [-0.39, 0.29) is 0 Å². The Morgan fingerprint density at radius 2 is 2.24 bits per heavy atom. The summed E-state index contributed by atoms with van der Waals surface area (Å²) in [5.74, 6) is -0.492. The summed E-state index contributed by atoms with van der Waals surface area (Å²) < 4.78 is 0. The van der Waals surface area contributed by atoms with Crippen molar-refractivity contribution in [1.29, 1.82) is 0 Å². The van der Waals surface area contributed by atoms with E-state index in [1.807, 2.05) is 13.0 Å². The number of carbonyl (C=O) groups is 1. The molecule has 0 spiro atoms. The van der Waals surface area contributed by atoms with Gasteiger partial charge < -0.3 is 11.1 Å². The molecule has 0 saturated heterocycles. The van der Waals surface area contributed by atoms with Gasteiger partial charge in [-0.3, -0.25) is 9.79 Å². The number of aromatic nitrogens is 2. The number of nitrogens with one attached hydrogen (secondary N) is 1. The van der Waals surface area contributed by atoms with E-state index in [1.54, 1.807) is 19.3 Å². The third kappa shape index (κ3) is 2.01. The molecule has 88 valence electrons. The lowest BCUT2D eigenvalue weighted by Crippen LogP contribution is -2.41. The van der Waals surface area contributed by atoms with Crippen LogP contribution < -0.4 is 11.1 Å². The first-order valence-electron chi connectivity index (χ1n) is 5.14. The van der Waals surface area contributed by atoms with Crippen LogP contribution in [-0.4, -0.2) is 22.3 Å². The Kier molecular flexibility index (Phi) is 2.63. The second-order valence-electron chi connectivity index (χ2n) is 3.99. The summed E-state index contributed by atoms with van der Waals surface area (Å²) >= 11 is 0. The van der Waals surface area contributed by atoms with Gasteiger partial charge in [0, 0.05) is 17.5 Å². The molecular formula is C11H13N5O. The molecule has 1 aliphatic rings. The fourth-order valence-electron chi connectivity index (χ4n) is 1.73. The average molecular weight is 231 g/mol. The first-order chi connectivity index (χ1) is 8.03. The van der Waals surface area contributed by atoms with Crippen LogP contribution in [0, 0.1) is 0 Å². The molecule has 0 aromatic carbocycles. The molecule has 1 unspecified atom stereocenters. The van der Waals surface area contributed by atoms with Crippen molar-refractivity contribution in [2.24, 2.45) is 10.7 Å². The van der Waals surface area contributed by atoms with Crippen LogP contribution in [0.4, 0.5) is 0 Å². The number of primary amides is 1. The summed E-state index contributed by atoms with van der Waals surface area (Å²) in [6.45, 7) is 3.68. The first kappa shape index (κ1) is 11.3. The quantitative estimate of drug-likeness (QED) is 0.754. The van der Waals surface area contributed by atoms with Gasteiger partial charge in [0.15, 0.2) is 5.66 Å². The molecule has 17 heavy (non-hydrogen) atoms. The fourth-order valence-corrected chi connectivity index (χ4v) is 1.73. The smallest absolute Gasteiger partial charge is 0.252 e. The number of rotatable bonds is 2. The maximum Gasteiger partial charge on any atom is 0.252 e. The first-order valence-corrected chi connectivity index (χ1v) is 5.14. The van der Waals surface area contributed by atoms with Crippen LogP contribution in [0.2, 0.25) is 0 Å². The van der Waals surface area contributed by atoms with E-state index >= 15 is 0 Å². The highest BCUT2D eigenvalue weighted by atomic mass is 16.1. The van der Waals surface area contributed by atoms with Crippen LogP contribution in [0.5, 0.6) is 0 Å². The fraction of sp³-hybridized carbons (Fsp3) is 0.273. The standard InChI is InChI=1S/C11H13N5O/c1-7-9(10(12)17)6-13-11(2,16-7)8-3-4-14-15-5-8/h3-6,16H,1-2H3,(H2,12,17). The predicted molar refractivity (Wildman–Crippen MR) is 62.9 cm³/mol. The minimum Gasteiger partial charge on any atom is -0.365 e. The molecule has 3 N–H and O–H groups in total. The van der Waals surface area contributed by atoms with Crippen molar-refractivity contribution in [3.8, 4) is 0 Å². The number of carbonyl (C=O) groups excluding carboxylic acids is 1. The monoisotopic (exact) mass is 231 g/mol. The van der Waals surface area contributed by atoms with Gasteiger partial charge in [0.25, 0.3) is 5.91 Å². The predicted octanol–water partition coefficient (Wildman–Crippen LogP) is 0.0826. The molecule has 1 amide bonds. The summed E-state index contributed by atoms with van der Waals surface area (Å²) in [5.41, 5.74) is 6.56. The van der Waals surface area contributed by atoms with E-state index in [2.05, 4.69) is 20.5 Å². The van der Waals surface area contributed by atoms with Crippen molar-refractivity contribution in [3.63, 3.8) is 0 Å². The molecule has 6 heteroatoms. The molecule has 1 atom stereocenters. The normalized spacial score (nSPS) is 23.4. The molecule has 0 bridgehead atoms. The number of allylic oxidation sites excluding steroid dienone is 1. The Morgan fingerprint density at radius 3 is 2.76 bits per heavy atom. The van der Waals surface area contributed by atoms with Crippen LogP contribution in [0.3, 0.4) is 0 Å². The Morgan fingerprint density at radius 1 is 1.47 bits per heavy atom. The van der Waals surface area contributed by atoms with Gasteiger partial charge in [-0.1, -0.05) is 0 Å². The number of amides is 1. The average Bonchev–Trinajstić information content (AvgIpc) is 2.29. The summed E-state index contributed by atoms with van der Waals surface area (Å²) in [4.78, 5) is 15.4. The third-order valence-electron chi connectivity index (χ3n) is 2.70. The van der Waals surface area contributed by atoms with Crippen molar-refractivity contribution in [1.82, 2.24) is 15.5 Å². The van der Waals surface area contributed by atoms with Crippen molar-refractivity contribution in [3.05, 3.63) is 35.3 Å². The number of nitrogens with two attached hydrogens (primary N) is 1. The zero-order chi connectivity index (χ0) is 12.5. The van der Waals surface area contributed by atoms with Gasteiger partial charge in [-0.05, 0) is 19.9 Å². The Labute approximate surface area is 98.6 Å². The molecule has 6 nitrogen and oxygen atoms in total. The molecule has 2 rings (SSSR count). The van der Waals surface area contributed by atoms with Gasteiger partial charge in [0.05, 0.1) is 18.0 Å². The highest BCUT2D eigenvalue weighted by Gasteiger charge is 2.29. The van der Waals surface area contributed by atoms with Crippen molar-refractivity contribution in [2.45, 2.75) is 19.5 Å². The van der Waals surface area contributed by atoms with E-state index in [0.717, 1.165) is 5.56 Å². The summed E-state index contributed by atoms with van der Waals surface area (Å²) in [5, 5.41) is 10.7. The molecule has 0 aliphatic carbocycles. The Bertz CT molecular complexity index is 508. The topological polar surface area (TPSA) is 93.3 Å². The van der Waals surface area contributed by atoms with Crippen molar-refractivity contribution in [2.75, 3.05) is 0 Å². The minimum atomic E-state index is -0.640. The lowest BCUT2D eigenvalue weighted by molar-refractivity contribution is -0.114. The second-order valence-corrected chi connectivity index (χ2v) is 3.99. The molecule has 1 aromatic rings. The third-order valence-corrected chi connectivity index (χ3v) is 2.70. The number of hydrogen-bond donors (Lipinski definition) is 2. The van der Waals surface area contributed by atoms with Gasteiger partial charge in [-0.15, -0.1) is 0 Å². The number of hydrogen-bond acceptors (Lipinski definition) is 5. The Hall–Kier alpha value is -2.24. The largest absolute Gasteiger partial charge is 0.365 e. The highest BCUT2D eigenvalue weighted by molar-refractivity contribution is 6.12. The van der Waals surface area contributed by atoms with E-state index in [0.29, 0.717) is 11.3 Å². The number of nitrogens with zero attached hydrogens (tertiary/aromatic N) is 3. The number of aliphatic imine (C=N–C) groups is 1. The zero-order valence-corrected chi connectivity index (χ0v) is 9.64. The molecule has 2 heterocycles. The van der Waals surface area contributed by atoms with E-state index in [9.17, 15) is 4.79 Å². The van der Waals surface area contributed by atoms with Crippen LogP contribution >= 0.6 is 0 Å². The maximum atomic E-state index is 11.1. The molecule has 1 aliphatic heterocycles. The maximum absolute atomic E-state index is 11.1. The Balaban J connectivity index is 2.36. The van der Waals surface area contributed by atoms with E-state index in [1.165, 1.54) is 6.21 Å². The van der Waals surface area contributed by atoms with Crippen LogP contribution in [0.1, 0.15) is 19.4 Å². The van der Waals surface area contributed by atoms with Gasteiger partial charge in [0.2, 0.25) is 0 Å². The molecule has 0 fully saturated rings. The van der Waals surface area contributed by atoms with Crippen LogP contribution in [0.25, 0.3) is 0 Å². The van der Waals surface area contributed by atoms with Crippen molar-refractivity contribution >= 4 is 12.1 Å². The lowest BCUT2D eigenvalue weighted by Gasteiger charge is -2.31. The summed E-state index contributed by atoms with van der Waals surface area (Å²) in [6.07, 6.45) is 4.72. The van der Waals surface area contributed by atoms with E-state index < -0.39 is 11.6 Å². The molecule has 1 aromatic heterocycles. The molecule has 0 saturated carbocycles. The molecule has 0 radical (unpaired) electrons. The van der Waals surface area contributed by atoms with Gasteiger partial charge in [0.1, 0.15) is 0 Å². The SMILES string of the molecule is CC1=C(C(N)=O)C=NC(C)(c2ccnnc2)N1.